The Balaban J connectivity index is -0.000000317. The number of aromatic nitrogens is 2. The molecule has 0 aliphatic rings. The fraction of sp³-hybridized carbons (Fsp3) is 0.0938. The van der Waals surface area contributed by atoms with Crippen LogP contribution < -0.4 is 5.32 Å². The lowest BCUT2D eigenvalue weighted by Crippen LogP contribution is -2.11. The van der Waals surface area contributed by atoms with Gasteiger partial charge in [-0.1, -0.05) is 41.7 Å². The molecule has 3 aromatic rings. The van der Waals surface area contributed by atoms with Crippen LogP contribution in [0, 0.1) is 95.3 Å². The number of rotatable bonds is 3. The lowest BCUT2D eigenvalue weighted by molar-refractivity contribution is 0.102. The van der Waals surface area contributed by atoms with Crippen LogP contribution in [0.4, 0.5) is 5.13 Å². The number of pyridine rings is 1. The van der Waals surface area contributed by atoms with Gasteiger partial charge < -0.3 is 0 Å². The van der Waals surface area contributed by atoms with Gasteiger partial charge in [0.1, 0.15) is 0 Å². The molecule has 208 valence electrons. The molecule has 3 rings (SSSR count). The number of anilines is 1. The number of nitrogens with zero attached hydrogens (tertiary/aromatic N) is 4. The first kappa shape index (κ1) is 35.7. The van der Waals surface area contributed by atoms with E-state index in [2.05, 4.69) is 111 Å². The van der Waals surface area contributed by atoms with E-state index < -0.39 is 0 Å². The molecule has 10 heteroatoms. The molecule has 2 N–H and O–H groups in total. The normalized spacial score (nSPS) is 6.93. The summed E-state index contributed by atoms with van der Waals surface area (Å²) in [5.74, 6) is 35.4. The van der Waals surface area contributed by atoms with Crippen LogP contribution in [-0.2, 0) is 12.5 Å². The zero-order chi connectivity index (χ0) is 31.3. The summed E-state index contributed by atoms with van der Waals surface area (Å²) >= 11 is 4.24. The molecule has 0 radical (unpaired) electrons. The minimum Gasteiger partial charge on any atom is -0.298 e. The monoisotopic (exact) mass is 590 g/mol. The Morgan fingerprint density at radius 2 is 1.38 bits per heavy atom. The van der Waals surface area contributed by atoms with Crippen molar-refractivity contribution in [1.82, 2.24) is 9.97 Å². The van der Waals surface area contributed by atoms with Crippen LogP contribution in [0.3, 0.4) is 0 Å². The molecular formula is C32H26N6O2S2. The predicted octanol–water partition coefficient (Wildman–Crippen LogP) is 6.09. The van der Waals surface area contributed by atoms with E-state index in [0.717, 1.165) is 11.3 Å². The van der Waals surface area contributed by atoms with Crippen LogP contribution in [0.1, 0.15) is 34.0 Å². The summed E-state index contributed by atoms with van der Waals surface area (Å²) in [6.45, 7) is 5.47. The lowest BCUT2D eigenvalue weighted by Gasteiger charge is -2.00. The molecule has 2 aromatic heterocycles. The van der Waals surface area contributed by atoms with E-state index in [1.165, 1.54) is 23.1 Å². The molecule has 0 aliphatic carbocycles. The molecule has 42 heavy (non-hydrogen) atoms. The summed E-state index contributed by atoms with van der Waals surface area (Å²) in [6.07, 6.45) is 3.17. The third-order valence-electron chi connectivity index (χ3n) is 3.93. The topological polar surface area (TPSA) is 132 Å². The van der Waals surface area contributed by atoms with Crippen molar-refractivity contribution in [2.75, 3.05) is 5.32 Å². The zero-order valence-electron chi connectivity index (χ0n) is 22.6. The number of thiazole rings is 1. The predicted molar refractivity (Wildman–Crippen MR) is 174 cm³/mol. The number of benzene rings is 1. The highest BCUT2D eigenvalue weighted by Gasteiger charge is 2.09. The molecule has 0 atom stereocenters. The van der Waals surface area contributed by atoms with Crippen LogP contribution in [0.5, 0.6) is 0 Å². The van der Waals surface area contributed by atoms with Gasteiger partial charge in [0.25, 0.3) is 5.91 Å². The minimum absolute atomic E-state index is 0. The maximum Gasteiger partial charge on any atom is 0.259 e. The molecule has 1 aromatic carbocycles. The molecule has 0 spiro atoms. The summed E-state index contributed by atoms with van der Waals surface area (Å²) < 4.78 is 7.83. The van der Waals surface area contributed by atoms with Crippen LogP contribution in [0.2, 0.25) is 0 Å². The van der Waals surface area contributed by atoms with Crippen LogP contribution in [0.15, 0.2) is 54.2 Å². The lowest BCUT2D eigenvalue weighted by atomic mass is 10.1. The minimum atomic E-state index is -0.201. The van der Waals surface area contributed by atoms with Gasteiger partial charge in [0.2, 0.25) is 0 Å². The molecule has 1 amide bonds. The number of hydrogen-bond acceptors (Lipinski definition) is 7. The Morgan fingerprint density at radius 3 is 1.81 bits per heavy atom. The van der Waals surface area contributed by atoms with Crippen molar-refractivity contribution in [3.63, 3.8) is 0 Å². The first-order valence-corrected chi connectivity index (χ1v) is 12.5. The standard InChI is InChI=1S/C16H13N3OS.C16H6.HN3.OS.3H2/c1-11-4-6-12(7-5-11)14-10-21-16(18-14)19-15(20)13-3-2-8-17-9-13;1-3-5-7-9-11-13-15-16-14-12-10-8-6-4-2;1-3-2;1-2;;;/h2-10H,1H3,(H,18,19,20);1-2H3;1H;;3*1H. The van der Waals surface area contributed by atoms with Crippen LogP contribution in [-0.4, -0.2) is 20.1 Å². The van der Waals surface area contributed by atoms with E-state index in [1.807, 2.05) is 36.6 Å². The molecule has 0 saturated carbocycles. The highest BCUT2D eigenvalue weighted by Crippen LogP contribution is 2.25. The van der Waals surface area contributed by atoms with Crippen molar-refractivity contribution in [2.45, 2.75) is 20.8 Å². The van der Waals surface area contributed by atoms with Gasteiger partial charge in [-0.05, 0) is 114 Å². The Hall–Kier alpha value is -6.28. The Labute approximate surface area is 259 Å². The third-order valence-corrected chi connectivity index (χ3v) is 4.69. The van der Waals surface area contributed by atoms with Gasteiger partial charge in [-0.15, -0.1) is 16.9 Å². The fourth-order valence-electron chi connectivity index (χ4n) is 2.29. The number of hydrogen-bond donors (Lipinski definition) is 2. The zero-order valence-corrected chi connectivity index (χ0v) is 24.3. The number of carbonyl (C=O) groups is 1. The summed E-state index contributed by atoms with van der Waals surface area (Å²) in [4.78, 5) is 22.1. The third kappa shape index (κ3) is 17.3. The van der Waals surface area contributed by atoms with E-state index >= 15 is 0 Å². The molecule has 0 aliphatic heterocycles. The number of nitrogens with one attached hydrogen (secondary N) is 2. The first-order valence-electron chi connectivity index (χ1n) is 11.3. The largest absolute Gasteiger partial charge is 0.298 e. The van der Waals surface area contributed by atoms with E-state index in [-0.39, 0.29) is 10.2 Å². The first-order chi connectivity index (χ1) is 20.5. The summed E-state index contributed by atoms with van der Waals surface area (Å²) in [5.41, 5.74) is 15.9. The molecule has 2 heterocycles. The molecule has 0 unspecified atom stereocenters. The highest BCUT2D eigenvalue weighted by atomic mass is 32.1. The summed E-state index contributed by atoms with van der Waals surface area (Å²) in [6, 6.07) is 11.6. The Morgan fingerprint density at radius 1 is 0.905 bits per heavy atom. The van der Waals surface area contributed by atoms with Gasteiger partial charge in [0.15, 0.2) is 17.7 Å². The van der Waals surface area contributed by atoms with Crippen molar-refractivity contribution in [3.8, 4) is 94.1 Å². The van der Waals surface area contributed by atoms with E-state index in [9.17, 15) is 4.79 Å². The molecule has 0 fully saturated rings. The fourth-order valence-corrected chi connectivity index (χ4v) is 3.01. The van der Waals surface area contributed by atoms with Crippen molar-refractivity contribution >= 4 is 34.9 Å². The second kappa shape index (κ2) is 25.0. The number of aryl methyl sites for hydroxylation is 1. The van der Waals surface area contributed by atoms with Gasteiger partial charge in [-0.3, -0.25) is 15.1 Å². The van der Waals surface area contributed by atoms with Gasteiger partial charge in [-0.2, -0.15) is 4.21 Å². The van der Waals surface area contributed by atoms with Crippen molar-refractivity contribution in [3.05, 3.63) is 75.7 Å². The highest BCUT2D eigenvalue weighted by molar-refractivity contribution is 7.44. The summed E-state index contributed by atoms with van der Waals surface area (Å²) in [5, 5.41) is 5.31. The smallest absolute Gasteiger partial charge is 0.259 e. The molecule has 0 bridgehead atoms. The quantitative estimate of drug-likeness (QED) is 0.165. The van der Waals surface area contributed by atoms with Crippen molar-refractivity contribution in [2.24, 2.45) is 0 Å². The van der Waals surface area contributed by atoms with Gasteiger partial charge in [-0.25, -0.2) is 4.98 Å². The molecule has 0 saturated heterocycles. The van der Waals surface area contributed by atoms with E-state index in [4.69, 9.17) is 15.3 Å². The van der Waals surface area contributed by atoms with E-state index in [1.54, 1.807) is 37.1 Å². The maximum atomic E-state index is 12.0. The number of amides is 1. The Kier molecular flexibility index (Phi) is 21.3. The SMILES string of the molecule is CC#CC#CC#CC#CC#CC#CC#CC.Cc1ccc(-c2csc(NC(=O)c3cccnc3)n2)cc1.O=S.[HH].[HH].[HH].[N-]=[N+]=N. The maximum absolute atomic E-state index is 12.0. The molecular weight excluding hydrogens is 565 g/mol. The molecule has 8 nitrogen and oxygen atoms in total. The van der Waals surface area contributed by atoms with Gasteiger partial charge in [0, 0.05) is 27.6 Å². The second-order valence-electron chi connectivity index (χ2n) is 6.70. The average molecular weight is 591 g/mol. The van der Waals surface area contributed by atoms with Crippen molar-refractivity contribution < 1.29 is 13.3 Å². The van der Waals surface area contributed by atoms with Crippen molar-refractivity contribution in [1.29, 1.82) is 5.53 Å². The van der Waals surface area contributed by atoms with Crippen LogP contribution >= 0.6 is 11.3 Å². The van der Waals surface area contributed by atoms with Crippen LogP contribution in [0.25, 0.3) is 21.7 Å². The van der Waals surface area contributed by atoms with Gasteiger partial charge >= 0.3 is 0 Å². The number of carbonyl (C=O) groups excluding carboxylic acids is 1. The Bertz CT molecular complexity index is 1750. The summed E-state index contributed by atoms with van der Waals surface area (Å²) in [7, 11) is 0. The average Bonchev–Trinajstić information content (AvgIpc) is 3.48. The second-order valence-corrected chi connectivity index (χ2v) is 7.56. The van der Waals surface area contributed by atoms with E-state index in [0.29, 0.717) is 10.7 Å². The van der Waals surface area contributed by atoms with Gasteiger partial charge in [0.05, 0.1) is 11.3 Å².